The van der Waals surface area contributed by atoms with E-state index in [-0.39, 0.29) is 23.4 Å². The van der Waals surface area contributed by atoms with Gasteiger partial charge >= 0.3 is 0 Å². The van der Waals surface area contributed by atoms with Crippen LogP contribution in [0.2, 0.25) is 0 Å². The molecule has 7 heteroatoms. The number of nitrogens with two attached hydrogens (primary N) is 1. The van der Waals surface area contributed by atoms with Gasteiger partial charge in [-0.15, -0.1) is 0 Å². The fraction of sp³-hybridized carbons (Fsp3) is 0.300. The van der Waals surface area contributed by atoms with Gasteiger partial charge in [-0.2, -0.15) is 0 Å². The highest BCUT2D eigenvalue weighted by Gasteiger charge is 2.10. The molecule has 0 bridgehead atoms. The largest absolute Gasteiger partial charge is 0.370 e. The van der Waals surface area contributed by atoms with Gasteiger partial charge in [0.25, 0.3) is 0 Å². The Bertz CT molecular complexity index is 416. The van der Waals surface area contributed by atoms with Crippen LogP contribution in [-0.4, -0.2) is 25.7 Å². The molecule has 1 rings (SSSR count). The summed E-state index contributed by atoms with van der Waals surface area (Å²) in [4.78, 5) is 11.3. The Kier molecular flexibility index (Phi) is 5.46. The lowest BCUT2D eigenvalue weighted by Crippen LogP contribution is -2.21. The van der Waals surface area contributed by atoms with E-state index < -0.39 is 17.5 Å². The molecule has 1 amide bonds. The van der Waals surface area contributed by atoms with E-state index in [2.05, 4.69) is 21.2 Å². The Balaban J connectivity index is 2.62. The summed E-state index contributed by atoms with van der Waals surface area (Å²) in [5, 5.41) is 2.26. The van der Waals surface area contributed by atoms with E-state index in [1.54, 1.807) is 0 Å². The normalized spacial score (nSPS) is 10.4. The van der Waals surface area contributed by atoms with Crippen LogP contribution in [0.4, 0.5) is 14.5 Å². The van der Waals surface area contributed by atoms with Crippen molar-refractivity contribution in [1.29, 1.82) is 0 Å². The quantitative estimate of drug-likeness (QED) is 0.642. The highest BCUT2D eigenvalue weighted by atomic mass is 79.9. The molecule has 0 atom stereocenters. The number of carbonyl (C=O) groups is 1. The zero-order valence-corrected chi connectivity index (χ0v) is 10.4. The summed E-state index contributed by atoms with van der Waals surface area (Å²) in [5.74, 6) is -2.12. The summed E-state index contributed by atoms with van der Waals surface area (Å²) >= 11 is 2.89. The third-order valence-corrected chi connectivity index (χ3v) is 2.39. The Morgan fingerprint density at radius 1 is 1.41 bits per heavy atom. The second-order valence-corrected chi connectivity index (χ2v) is 3.99. The summed E-state index contributed by atoms with van der Waals surface area (Å²) in [6.07, 6.45) is 0. The first-order valence-corrected chi connectivity index (χ1v) is 5.56. The van der Waals surface area contributed by atoms with E-state index in [1.165, 1.54) is 0 Å². The highest BCUT2D eigenvalue weighted by molar-refractivity contribution is 9.10. The highest BCUT2D eigenvalue weighted by Crippen LogP contribution is 2.23. The smallest absolute Gasteiger partial charge is 0.250 e. The van der Waals surface area contributed by atoms with Crippen molar-refractivity contribution in [3.8, 4) is 0 Å². The third-order valence-electron chi connectivity index (χ3n) is 1.78. The van der Waals surface area contributed by atoms with E-state index in [1.807, 2.05) is 0 Å². The lowest BCUT2D eigenvalue weighted by atomic mass is 10.3. The molecule has 1 aromatic rings. The van der Waals surface area contributed by atoms with Gasteiger partial charge in [-0.05, 0) is 22.0 Å². The summed E-state index contributed by atoms with van der Waals surface area (Å²) in [6.45, 7) is 0.304. The van der Waals surface area contributed by atoms with Crippen LogP contribution in [-0.2, 0) is 9.53 Å². The molecule has 0 aromatic heterocycles. The maximum Gasteiger partial charge on any atom is 0.250 e. The molecule has 0 heterocycles. The Labute approximate surface area is 105 Å². The van der Waals surface area contributed by atoms with Gasteiger partial charge in [-0.1, -0.05) is 0 Å². The van der Waals surface area contributed by atoms with Crippen LogP contribution in [0.3, 0.4) is 0 Å². The number of amides is 1. The van der Waals surface area contributed by atoms with Crippen LogP contribution in [0, 0.1) is 11.6 Å². The number of benzene rings is 1. The predicted octanol–water partition coefficient (Wildman–Crippen LogP) is 1.64. The fourth-order valence-electron chi connectivity index (χ4n) is 1.05. The van der Waals surface area contributed by atoms with Crippen LogP contribution in [0.5, 0.6) is 0 Å². The van der Waals surface area contributed by atoms with Gasteiger partial charge in [-0.25, -0.2) is 8.78 Å². The van der Waals surface area contributed by atoms with Gasteiger partial charge in [0.15, 0.2) is 0 Å². The average molecular weight is 309 g/mol. The predicted molar refractivity (Wildman–Crippen MR) is 62.6 cm³/mol. The zero-order chi connectivity index (χ0) is 12.8. The van der Waals surface area contributed by atoms with Gasteiger partial charge in [0.05, 0.1) is 16.8 Å². The Morgan fingerprint density at radius 3 is 2.76 bits per heavy atom. The van der Waals surface area contributed by atoms with E-state index in [0.29, 0.717) is 12.6 Å². The first-order chi connectivity index (χ1) is 8.04. The fourth-order valence-corrected chi connectivity index (χ4v) is 1.40. The maximum atomic E-state index is 13.2. The molecule has 0 saturated carbocycles. The van der Waals surface area contributed by atoms with Crippen molar-refractivity contribution in [3.63, 3.8) is 0 Å². The molecule has 94 valence electrons. The maximum absolute atomic E-state index is 13.2. The molecule has 4 nitrogen and oxygen atoms in total. The van der Waals surface area contributed by atoms with Gasteiger partial charge in [0.1, 0.15) is 18.2 Å². The molecule has 0 spiro atoms. The molecule has 1 aromatic carbocycles. The van der Waals surface area contributed by atoms with Gasteiger partial charge < -0.3 is 15.8 Å². The molecule has 0 fully saturated rings. The molecule has 0 radical (unpaired) electrons. The number of rotatable bonds is 5. The number of nitrogens with one attached hydrogen (secondary N) is 1. The number of carbonyl (C=O) groups excluding carboxylic acids is 1. The summed E-state index contributed by atoms with van der Waals surface area (Å²) in [5.41, 5.74) is 5.05. The van der Waals surface area contributed by atoms with Crippen LogP contribution < -0.4 is 11.1 Å². The lowest BCUT2D eigenvalue weighted by molar-refractivity contribution is -0.120. The van der Waals surface area contributed by atoms with Crippen molar-refractivity contribution in [2.75, 3.05) is 25.1 Å². The van der Waals surface area contributed by atoms with Gasteiger partial charge in [0.2, 0.25) is 5.91 Å². The minimum Gasteiger partial charge on any atom is -0.370 e. The molecular formula is C10H11BrF2N2O2. The average Bonchev–Trinajstić information content (AvgIpc) is 2.26. The van der Waals surface area contributed by atoms with Crippen molar-refractivity contribution in [1.82, 2.24) is 0 Å². The second kappa shape index (κ2) is 6.63. The van der Waals surface area contributed by atoms with E-state index in [9.17, 15) is 13.6 Å². The second-order valence-electron chi connectivity index (χ2n) is 3.14. The molecule has 0 saturated heterocycles. The number of ether oxygens (including phenoxy) is 1. The standard InChI is InChI=1S/C10H11BrF2N2O2/c11-6-3-9(8(13)4-7(6)12)15-10(16)5-17-2-1-14/h3-4H,1-2,5,14H2,(H,15,16). The van der Waals surface area contributed by atoms with Crippen molar-refractivity contribution >= 4 is 27.5 Å². The van der Waals surface area contributed by atoms with Crippen molar-refractivity contribution in [2.24, 2.45) is 5.73 Å². The monoisotopic (exact) mass is 308 g/mol. The summed E-state index contributed by atoms with van der Waals surface area (Å²) < 4.78 is 31.1. The number of anilines is 1. The topological polar surface area (TPSA) is 64.3 Å². The first kappa shape index (κ1) is 14.0. The van der Waals surface area contributed by atoms with Gasteiger partial charge in [0, 0.05) is 12.6 Å². The van der Waals surface area contributed by atoms with Gasteiger partial charge in [-0.3, -0.25) is 4.79 Å². The first-order valence-electron chi connectivity index (χ1n) is 4.76. The Morgan fingerprint density at radius 2 is 2.12 bits per heavy atom. The third kappa shape index (κ3) is 4.37. The van der Waals surface area contributed by atoms with Crippen molar-refractivity contribution in [3.05, 3.63) is 28.2 Å². The minimum absolute atomic E-state index is 0.0667. The van der Waals surface area contributed by atoms with Crippen LogP contribution >= 0.6 is 15.9 Å². The molecule has 0 aliphatic carbocycles. The van der Waals surface area contributed by atoms with Crippen LogP contribution in [0.15, 0.2) is 16.6 Å². The van der Waals surface area contributed by atoms with Crippen molar-refractivity contribution in [2.45, 2.75) is 0 Å². The Hall–Kier alpha value is -1.05. The molecule has 0 aliphatic heterocycles. The summed E-state index contributed by atoms with van der Waals surface area (Å²) in [6, 6.07) is 1.83. The van der Waals surface area contributed by atoms with E-state index in [0.717, 1.165) is 6.07 Å². The zero-order valence-electron chi connectivity index (χ0n) is 8.80. The number of halogens is 3. The lowest BCUT2D eigenvalue weighted by Gasteiger charge is -2.07. The summed E-state index contributed by atoms with van der Waals surface area (Å²) in [7, 11) is 0. The molecule has 0 aliphatic rings. The van der Waals surface area contributed by atoms with Crippen LogP contribution in [0.1, 0.15) is 0 Å². The van der Waals surface area contributed by atoms with Crippen LogP contribution in [0.25, 0.3) is 0 Å². The SMILES string of the molecule is NCCOCC(=O)Nc1cc(Br)c(F)cc1F. The van der Waals surface area contributed by atoms with E-state index >= 15 is 0 Å². The number of hydrogen-bond donors (Lipinski definition) is 2. The minimum atomic E-state index is -0.849. The molecular weight excluding hydrogens is 298 g/mol. The number of hydrogen-bond acceptors (Lipinski definition) is 3. The molecule has 17 heavy (non-hydrogen) atoms. The molecule has 0 unspecified atom stereocenters. The molecule has 3 N–H and O–H groups in total. The van der Waals surface area contributed by atoms with E-state index in [4.69, 9.17) is 10.5 Å². The van der Waals surface area contributed by atoms with Crippen molar-refractivity contribution < 1.29 is 18.3 Å².